The van der Waals surface area contributed by atoms with Gasteiger partial charge in [-0.25, -0.2) is 4.39 Å². The Kier molecular flexibility index (Phi) is 2.37. The van der Waals surface area contributed by atoms with Gasteiger partial charge >= 0.3 is 0 Å². The minimum absolute atomic E-state index is 0.305. The van der Waals surface area contributed by atoms with Crippen LogP contribution in [0.3, 0.4) is 0 Å². The number of benzene rings is 1. The van der Waals surface area contributed by atoms with Gasteiger partial charge in [-0.15, -0.1) is 0 Å². The molecule has 0 saturated carbocycles. The predicted octanol–water partition coefficient (Wildman–Crippen LogP) is 3.21. The minimum atomic E-state index is -0.441. The van der Waals surface area contributed by atoms with Crippen molar-refractivity contribution in [3.8, 4) is 11.3 Å². The van der Waals surface area contributed by atoms with Gasteiger partial charge in [0.05, 0.1) is 0 Å². The van der Waals surface area contributed by atoms with Crippen molar-refractivity contribution in [2.45, 2.75) is 6.92 Å². The molecule has 1 heterocycles. The highest BCUT2D eigenvalue weighted by atomic mass is 19.1. The molecule has 1 aromatic heterocycles. The molecule has 0 amide bonds. The van der Waals surface area contributed by atoms with E-state index in [9.17, 15) is 9.18 Å². The predicted molar refractivity (Wildman–Crippen MR) is 54.2 cm³/mol. The summed E-state index contributed by atoms with van der Waals surface area (Å²) in [6.45, 7) is 1.81. The zero-order valence-corrected chi connectivity index (χ0v) is 8.16. The third-order valence-electron chi connectivity index (χ3n) is 2.08. The smallest absolute Gasteiger partial charge is 0.150 e. The summed E-state index contributed by atoms with van der Waals surface area (Å²) in [7, 11) is 0. The van der Waals surface area contributed by atoms with Crippen molar-refractivity contribution in [1.82, 2.24) is 0 Å². The van der Waals surface area contributed by atoms with Crippen molar-refractivity contribution >= 4 is 6.29 Å². The average molecular weight is 204 g/mol. The Hall–Kier alpha value is -1.90. The Morgan fingerprint density at radius 2 is 2.07 bits per heavy atom. The molecule has 0 aliphatic rings. The number of furan rings is 1. The molecule has 1 aromatic carbocycles. The van der Waals surface area contributed by atoms with Crippen molar-refractivity contribution in [2.24, 2.45) is 0 Å². The van der Waals surface area contributed by atoms with Gasteiger partial charge in [0.1, 0.15) is 23.6 Å². The summed E-state index contributed by atoms with van der Waals surface area (Å²) in [4.78, 5) is 10.6. The summed E-state index contributed by atoms with van der Waals surface area (Å²) in [5, 5.41) is 0. The van der Waals surface area contributed by atoms with Crippen LogP contribution in [0.25, 0.3) is 11.3 Å². The van der Waals surface area contributed by atoms with E-state index in [4.69, 9.17) is 4.42 Å². The number of carbonyl (C=O) groups excluding carboxylic acids is 1. The van der Waals surface area contributed by atoms with E-state index in [1.807, 2.05) is 6.92 Å². The van der Waals surface area contributed by atoms with Crippen LogP contribution in [0.2, 0.25) is 0 Å². The van der Waals surface area contributed by atoms with E-state index in [-0.39, 0.29) is 0 Å². The lowest BCUT2D eigenvalue weighted by Crippen LogP contribution is -1.85. The Bertz CT molecular complexity index is 500. The summed E-state index contributed by atoms with van der Waals surface area (Å²) in [6.07, 6.45) is 0.613. The maximum atomic E-state index is 13.1. The second-order valence-electron chi connectivity index (χ2n) is 3.30. The van der Waals surface area contributed by atoms with Crippen molar-refractivity contribution in [3.63, 3.8) is 0 Å². The Morgan fingerprint density at radius 1 is 1.27 bits per heavy atom. The van der Waals surface area contributed by atoms with E-state index in [1.54, 1.807) is 18.2 Å². The van der Waals surface area contributed by atoms with Crippen molar-refractivity contribution in [1.29, 1.82) is 0 Å². The van der Waals surface area contributed by atoms with Gasteiger partial charge in [-0.1, -0.05) is 0 Å². The molecule has 76 valence electrons. The van der Waals surface area contributed by atoms with E-state index < -0.39 is 5.82 Å². The molecule has 15 heavy (non-hydrogen) atoms. The first-order chi connectivity index (χ1) is 7.19. The molecule has 0 aliphatic heterocycles. The van der Waals surface area contributed by atoms with Gasteiger partial charge in [-0.3, -0.25) is 4.79 Å². The van der Waals surface area contributed by atoms with Crippen LogP contribution in [0.5, 0.6) is 0 Å². The largest absolute Gasteiger partial charge is 0.461 e. The molecule has 0 atom stereocenters. The second kappa shape index (κ2) is 3.69. The normalized spacial score (nSPS) is 10.3. The Morgan fingerprint density at radius 3 is 2.67 bits per heavy atom. The highest BCUT2D eigenvalue weighted by molar-refractivity contribution is 5.78. The standard InChI is InChI=1S/C12H9FO2/c1-8-2-3-12(15-8)10-4-9(7-14)5-11(13)6-10/h2-7H,1H3. The number of carbonyl (C=O) groups is 1. The zero-order valence-electron chi connectivity index (χ0n) is 8.16. The number of halogens is 1. The molecular weight excluding hydrogens is 195 g/mol. The van der Waals surface area contributed by atoms with Gasteiger partial charge in [0.15, 0.2) is 0 Å². The Balaban J connectivity index is 2.52. The molecule has 0 fully saturated rings. The summed E-state index contributed by atoms with van der Waals surface area (Å²) in [5.41, 5.74) is 0.879. The number of hydrogen-bond donors (Lipinski definition) is 0. The second-order valence-corrected chi connectivity index (χ2v) is 3.30. The molecule has 3 heteroatoms. The molecule has 2 rings (SSSR count). The third kappa shape index (κ3) is 1.96. The quantitative estimate of drug-likeness (QED) is 0.703. The minimum Gasteiger partial charge on any atom is -0.461 e. The number of aldehydes is 1. The first kappa shape index (κ1) is 9.65. The SMILES string of the molecule is Cc1ccc(-c2cc(F)cc(C=O)c2)o1. The topological polar surface area (TPSA) is 30.2 Å². The van der Waals surface area contributed by atoms with E-state index in [2.05, 4.69) is 0 Å². The van der Waals surface area contributed by atoms with Crippen LogP contribution >= 0.6 is 0 Å². The van der Waals surface area contributed by atoms with Crippen LogP contribution in [-0.4, -0.2) is 6.29 Å². The number of aryl methyl sites for hydroxylation is 1. The van der Waals surface area contributed by atoms with E-state index in [0.29, 0.717) is 23.2 Å². The lowest BCUT2D eigenvalue weighted by atomic mass is 10.1. The molecule has 0 radical (unpaired) electrons. The summed E-state index contributed by atoms with van der Waals surface area (Å²) in [5.74, 6) is 0.876. The van der Waals surface area contributed by atoms with Crippen LogP contribution in [0, 0.1) is 12.7 Å². The lowest BCUT2D eigenvalue weighted by Gasteiger charge is -1.99. The maximum Gasteiger partial charge on any atom is 0.150 e. The molecule has 0 N–H and O–H groups in total. The van der Waals surface area contributed by atoms with Gasteiger partial charge in [0.2, 0.25) is 0 Å². The third-order valence-corrected chi connectivity index (χ3v) is 2.08. The molecule has 0 bridgehead atoms. The van der Waals surface area contributed by atoms with Crippen LogP contribution < -0.4 is 0 Å². The number of hydrogen-bond acceptors (Lipinski definition) is 2. The average Bonchev–Trinajstić information content (AvgIpc) is 2.64. The molecule has 0 spiro atoms. The zero-order chi connectivity index (χ0) is 10.8. The fraction of sp³-hybridized carbons (Fsp3) is 0.0833. The molecule has 0 unspecified atom stereocenters. The van der Waals surface area contributed by atoms with Gasteiger partial charge in [-0.05, 0) is 37.3 Å². The van der Waals surface area contributed by atoms with Gasteiger partial charge in [-0.2, -0.15) is 0 Å². The first-order valence-electron chi connectivity index (χ1n) is 4.51. The summed E-state index contributed by atoms with van der Waals surface area (Å²) < 4.78 is 18.4. The fourth-order valence-electron chi connectivity index (χ4n) is 1.41. The molecule has 2 nitrogen and oxygen atoms in total. The van der Waals surface area contributed by atoms with Gasteiger partial charge < -0.3 is 4.42 Å². The first-order valence-corrected chi connectivity index (χ1v) is 4.51. The van der Waals surface area contributed by atoms with E-state index >= 15 is 0 Å². The van der Waals surface area contributed by atoms with Crippen molar-refractivity contribution in [2.75, 3.05) is 0 Å². The lowest BCUT2D eigenvalue weighted by molar-refractivity contribution is 0.112. The highest BCUT2D eigenvalue weighted by Crippen LogP contribution is 2.23. The summed E-state index contributed by atoms with van der Waals surface area (Å²) >= 11 is 0. The highest BCUT2D eigenvalue weighted by Gasteiger charge is 2.05. The fourth-order valence-corrected chi connectivity index (χ4v) is 1.41. The van der Waals surface area contributed by atoms with Crippen LogP contribution in [0.1, 0.15) is 16.1 Å². The van der Waals surface area contributed by atoms with E-state index in [1.165, 1.54) is 12.1 Å². The summed E-state index contributed by atoms with van der Waals surface area (Å²) in [6, 6.07) is 7.66. The number of rotatable bonds is 2. The van der Waals surface area contributed by atoms with Gasteiger partial charge in [0, 0.05) is 11.1 Å². The van der Waals surface area contributed by atoms with Crippen molar-refractivity contribution in [3.05, 3.63) is 47.5 Å². The maximum absolute atomic E-state index is 13.1. The van der Waals surface area contributed by atoms with Crippen LogP contribution in [0.4, 0.5) is 4.39 Å². The molecular formula is C12H9FO2. The monoisotopic (exact) mass is 204 g/mol. The van der Waals surface area contributed by atoms with Gasteiger partial charge in [0.25, 0.3) is 0 Å². The molecule has 0 saturated heterocycles. The van der Waals surface area contributed by atoms with Crippen LogP contribution in [0.15, 0.2) is 34.7 Å². The van der Waals surface area contributed by atoms with Crippen LogP contribution in [-0.2, 0) is 0 Å². The van der Waals surface area contributed by atoms with E-state index in [0.717, 1.165) is 5.76 Å². The molecule has 0 aliphatic carbocycles. The molecule has 2 aromatic rings. The Labute approximate surface area is 86.3 Å². The van der Waals surface area contributed by atoms with Crippen molar-refractivity contribution < 1.29 is 13.6 Å².